The summed E-state index contributed by atoms with van der Waals surface area (Å²) in [6.07, 6.45) is 0.605. The molecule has 0 spiro atoms. The van der Waals surface area contributed by atoms with Crippen molar-refractivity contribution in [2.45, 2.75) is 90.3 Å². The van der Waals surface area contributed by atoms with E-state index in [0.29, 0.717) is 36.4 Å². The Hall–Kier alpha value is -2.15. The molecular weight excluding hydrogens is 452 g/mol. The van der Waals surface area contributed by atoms with Crippen LogP contribution < -0.4 is 10.6 Å². The lowest BCUT2D eigenvalue weighted by Crippen LogP contribution is -2.48. The lowest BCUT2D eigenvalue weighted by Gasteiger charge is -2.42. The first-order chi connectivity index (χ1) is 16.7. The van der Waals surface area contributed by atoms with Crippen LogP contribution in [-0.2, 0) is 15.8 Å². The third kappa shape index (κ3) is 8.78. The summed E-state index contributed by atoms with van der Waals surface area (Å²) in [6, 6.07) is 19.9. The van der Waals surface area contributed by atoms with Gasteiger partial charge in [0.25, 0.3) is 0 Å². The molecule has 0 aliphatic rings. The van der Waals surface area contributed by atoms with Crippen molar-refractivity contribution in [3.63, 3.8) is 0 Å². The SMILES string of the molecule is CC(C)[Si](OCC[C@H](CNC(=O)N[C@H](C)c1ccccc1)OCc1ccccc1)(C(C)C)C(C)C. The predicted octanol–water partition coefficient (Wildman–Crippen LogP) is 7.21. The molecule has 194 valence electrons. The molecule has 0 heterocycles. The van der Waals surface area contributed by atoms with E-state index < -0.39 is 8.32 Å². The molecule has 0 fully saturated rings. The maximum Gasteiger partial charge on any atom is 0.315 e. The van der Waals surface area contributed by atoms with Gasteiger partial charge in [0.15, 0.2) is 8.32 Å². The maximum absolute atomic E-state index is 12.6. The molecule has 0 aliphatic carbocycles. The van der Waals surface area contributed by atoms with Crippen LogP contribution in [0.25, 0.3) is 0 Å². The highest BCUT2D eigenvalue weighted by Crippen LogP contribution is 2.42. The number of urea groups is 1. The third-order valence-electron chi connectivity index (χ3n) is 6.96. The van der Waals surface area contributed by atoms with Gasteiger partial charge in [-0.3, -0.25) is 0 Å². The fraction of sp³-hybridized carbons (Fsp3) is 0.552. The predicted molar refractivity (Wildman–Crippen MR) is 148 cm³/mol. The maximum atomic E-state index is 12.6. The smallest absolute Gasteiger partial charge is 0.315 e. The third-order valence-corrected chi connectivity index (χ3v) is 13.1. The number of nitrogens with one attached hydrogen (secondary N) is 2. The summed E-state index contributed by atoms with van der Waals surface area (Å²) in [4.78, 5) is 12.6. The summed E-state index contributed by atoms with van der Waals surface area (Å²) in [5.74, 6) is 0. The van der Waals surface area contributed by atoms with Crippen LogP contribution in [0.4, 0.5) is 4.79 Å². The van der Waals surface area contributed by atoms with E-state index in [0.717, 1.165) is 17.5 Å². The highest BCUT2D eigenvalue weighted by atomic mass is 28.4. The van der Waals surface area contributed by atoms with Gasteiger partial charge in [0.1, 0.15) is 0 Å². The first kappa shape index (κ1) is 29.1. The van der Waals surface area contributed by atoms with E-state index in [9.17, 15) is 4.79 Å². The zero-order valence-electron chi connectivity index (χ0n) is 22.7. The van der Waals surface area contributed by atoms with Crippen molar-refractivity contribution in [1.82, 2.24) is 10.6 Å². The van der Waals surface area contributed by atoms with E-state index in [1.807, 2.05) is 55.5 Å². The second-order valence-electron chi connectivity index (χ2n) is 10.4. The summed E-state index contributed by atoms with van der Waals surface area (Å²) in [5, 5.41) is 6.04. The molecule has 2 N–H and O–H groups in total. The number of rotatable bonds is 14. The molecular formula is C29H46N2O3Si. The molecule has 5 nitrogen and oxygen atoms in total. The van der Waals surface area contributed by atoms with Gasteiger partial charge in [0.05, 0.1) is 18.8 Å². The van der Waals surface area contributed by atoms with Crippen molar-refractivity contribution in [1.29, 1.82) is 0 Å². The van der Waals surface area contributed by atoms with Gasteiger partial charge < -0.3 is 19.8 Å². The topological polar surface area (TPSA) is 59.6 Å². The lowest BCUT2D eigenvalue weighted by molar-refractivity contribution is 0.0268. The minimum atomic E-state index is -1.94. The lowest BCUT2D eigenvalue weighted by atomic mass is 10.1. The number of amides is 2. The first-order valence-corrected chi connectivity index (χ1v) is 15.2. The monoisotopic (exact) mass is 498 g/mol. The van der Waals surface area contributed by atoms with Crippen LogP contribution in [-0.4, -0.2) is 33.6 Å². The molecule has 0 aromatic heterocycles. The Labute approximate surface area is 214 Å². The van der Waals surface area contributed by atoms with Gasteiger partial charge in [-0.25, -0.2) is 4.79 Å². The van der Waals surface area contributed by atoms with Gasteiger partial charge in [-0.1, -0.05) is 102 Å². The Bertz CT molecular complexity index is 837. The molecule has 0 aliphatic heterocycles. The summed E-state index contributed by atoms with van der Waals surface area (Å²) < 4.78 is 13.0. The number of hydrogen-bond acceptors (Lipinski definition) is 3. The van der Waals surface area contributed by atoms with Crippen LogP contribution in [0, 0.1) is 0 Å². The average molecular weight is 499 g/mol. The van der Waals surface area contributed by atoms with Gasteiger partial charge in [-0.15, -0.1) is 0 Å². The average Bonchev–Trinajstić information content (AvgIpc) is 2.83. The number of ether oxygens (including phenoxy) is 1. The molecule has 2 rings (SSSR count). The van der Waals surface area contributed by atoms with Crippen LogP contribution in [0.5, 0.6) is 0 Å². The van der Waals surface area contributed by atoms with Crippen molar-refractivity contribution in [3.8, 4) is 0 Å². The molecule has 2 aromatic carbocycles. The van der Waals surface area contributed by atoms with E-state index >= 15 is 0 Å². The minimum absolute atomic E-state index is 0.0713. The molecule has 6 heteroatoms. The van der Waals surface area contributed by atoms with E-state index in [1.54, 1.807) is 0 Å². The summed E-state index contributed by atoms with van der Waals surface area (Å²) >= 11 is 0. The van der Waals surface area contributed by atoms with E-state index in [1.165, 1.54) is 0 Å². The fourth-order valence-corrected chi connectivity index (χ4v) is 10.7. The molecule has 0 unspecified atom stereocenters. The standard InChI is InChI=1S/C29H46N2O3Si/c1-22(2)35(23(3)4,24(5)6)34-19-18-28(33-21-26-14-10-8-11-15-26)20-30-29(32)31-25(7)27-16-12-9-13-17-27/h8-17,22-25,28H,18-21H2,1-7H3,(H2,30,31,32)/t25-,28-/m1/s1. The number of hydrogen-bond donors (Lipinski definition) is 2. The Morgan fingerprint density at radius 1 is 0.829 bits per heavy atom. The van der Waals surface area contributed by atoms with Gasteiger partial charge >= 0.3 is 6.03 Å². The molecule has 35 heavy (non-hydrogen) atoms. The first-order valence-electron chi connectivity index (χ1n) is 13.1. The number of carbonyl (C=O) groups excluding carboxylic acids is 1. The quantitative estimate of drug-likeness (QED) is 0.270. The van der Waals surface area contributed by atoms with Crippen molar-refractivity contribution < 1.29 is 14.0 Å². The van der Waals surface area contributed by atoms with E-state index in [2.05, 4.69) is 64.3 Å². The molecule has 2 atom stereocenters. The van der Waals surface area contributed by atoms with E-state index in [-0.39, 0.29) is 18.2 Å². The van der Waals surface area contributed by atoms with Crippen molar-refractivity contribution in [2.75, 3.05) is 13.2 Å². The largest absolute Gasteiger partial charge is 0.416 e. The summed E-state index contributed by atoms with van der Waals surface area (Å²) in [6.45, 7) is 17.4. The molecule has 2 amide bonds. The molecule has 0 bridgehead atoms. The summed E-state index contributed by atoms with van der Waals surface area (Å²) in [5.41, 5.74) is 3.81. The number of benzene rings is 2. The van der Waals surface area contributed by atoms with Crippen LogP contribution in [0.15, 0.2) is 60.7 Å². The van der Waals surface area contributed by atoms with Gasteiger partial charge in [0, 0.05) is 13.2 Å². The Morgan fingerprint density at radius 3 is 1.91 bits per heavy atom. The fourth-order valence-electron chi connectivity index (χ4n) is 5.18. The van der Waals surface area contributed by atoms with Gasteiger partial charge in [0.2, 0.25) is 0 Å². The van der Waals surface area contributed by atoms with Crippen molar-refractivity contribution in [3.05, 3.63) is 71.8 Å². The highest BCUT2D eigenvalue weighted by Gasteiger charge is 2.44. The van der Waals surface area contributed by atoms with Crippen molar-refractivity contribution >= 4 is 14.3 Å². The Balaban J connectivity index is 1.98. The van der Waals surface area contributed by atoms with Crippen LogP contribution in [0.1, 0.15) is 72.1 Å². The summed E-state index contributed by atoms with van der Waals surface area (Å²) in [7, 11) is -1.94. The Morgan fingerprint density at radius 2 is 1.37 bits per heavy atom. The van der Waals surface area contributed by atoms with Crippen LogP contribution in [0.3, 0.4) is 0 Å². The van der Waals surface area contributed by atoms with Crippen molar-refractivity contribution in [2.24, 2.45) is 0 Å². The normalized spacial score (nSPS) is 13.8. The van der Waals surface area contributed by atoms with Crippen LogP contribution in [0.2, 0.25) is 16.6 Å². The zero-order valence-corrected chi connectivity index (χ0v) is 23.7. The second kappa shape index (κ2) is 14.4. The molecule has 0 radical (unpaired) electrons. The van der Waals surface area contributed by atoms with E-state index in [4.69, 9.17) is 9.16 Å². The van der Waals surface area contributed by atoms with Gasteiger partial charge in [-0.05, 0) is 41.1 Å². The molecule has 0 saturated carbocycles. The molecule has 0 saturated heterocycles. The van der Waals surface area contributed by atoms with Gasteiger partial charge in [-0.2, -0.15) is 0 Å². The highest BCUT2D eigenvalue weighted by molar-refractivity contribution is 6.77. The second-order valence-corrected chi connectivity index (χ2v) is 15.8. The molecule has 2 aromatic rings. The minimum Gasteiger partial charge on any atom is -0.416 e. The van der Waals surface area contributed by atoms with Crippen LogP contribution >= 0.6 is 0 Å². The zero-order chi connectivity index (χ0) is 25.8. The Kier molecular flexibility index (Phi) is 12.0. The number of carbonyl (C=O) groups is 1.